The molecular weight excluding hydrogens is 132 g/mol. The van der Waals surface area contributed by atoms with E-state index in [0.717, 1.165) is 5.71 Å². The Morgan fingerprint density at radius 3 is 3.10 bits per heavy atom. The van der Waals surface area contributed by atoms with Crippen molar-refractivity contribution in [3.63, 3.8) is 0 Å². The zero-order valence-corrected chi connectivity index (χ0v) is 5.78. The molecule has 10 heavy (non-hydrogen) atoms. The second-order valence-corrected chi connectivity index (χ2v) is 1.94. The van der Waals surface area contributed by atoms with Crippen LogP contribution >= 0.6 is 0 Å². The number of hydrogen-bond donors (Lipinski definition) is 2. The number of aliphatic hydroxyl groups excluding tert-OH is 1. The van der Waals surface area contributed by atoms with E-state index in [1.54, 1.807) is 6.21 Å². The van der Waals surface area contributed by atoms with E-state index in [1.165, 1.54) is 5.12 Å². The first-order chi connectivity index (χ1) is 4.83. The lowest BCUT2D eigenvalue weighted by atomic mass is 10.5. The minimum Gasteiger partial charge on any atom is -0.394 e. The highest BCUT2D eigenvalue weighted by Gasteiger charge is 2.00. The lowest BCUT2D eigenvalue weighted by Gasteiger charge is -2.18. The van der Waals surface area contributed by atoms with Crippen LogP contribution in [0.25, 0.3) is 0 Å². The number of hydrogen-bond acceptors (Lipinski definition) is 5. The minimum atomic E-state index is 0.0684. The van der Waals surface area contributed by atoms with Crippen molar-refractivity contribution in [1.82, 2.24) is 10.7 Å². The normalized spacial score (nSPS) is 16.6. The number of hydrazine groups is 1. The van der Waals surface area contributed by atoms with E-state index in [4.69, 9.17) is 5.11 Å². The van der Waals surface area contributed by atoms with Crippen LogP contribution < -0.4 is 5.53 Å². The summed E-state index contributed by atoms with van der Waals surface area (Å²) in [6.07, 6.45) is 1.63. The Hall–Kier alpha value is -1.10. The summed E-state index contributed by atoms with van der Waals surface area (Å²) < 4.78 is 0. The first-order valence-corrected chi connectivity index (χ1v) is 3.05. The lowest BCUT2D eigenvalue weighted by Crippen LogP contribution is -2.35. The topological polar surface area (TPSA) is 60.2 Å². The van der Waals surface area contributed by atoms with Crippen LogP contribution in [0, 0.1) is 0 Å². The summed E-state index contributed by atoms with van der Waals surface area (Å²) in [4.78, 5) is 0. The molecule has 0 aromatic carbocycles. The highest BCUT2D eigenvalue weighted by atomic mass is 16.3. The zero-order valence-electron chi connectivity index (χ0n) is 5.78. The molecule has 5 nitrogen and oxygen atoms in total. The zero-order chi connectivity index (χ0) is 7.40. The number of hydrazone groups is 2. The molecule has 0 unspecified atom stereocenters. The third kappa shape index (κ3) is 1.70. The minimum absolute atomic E-state index is 0.0684. The molecule has 0 bridgehead atoms. The standard InChI is InChI=1S/C5H10N4O/c1-5-4-6-9(2-3-10)8-7-5/h4,8,10H,2-3H2,1H3. The molecule has 0 saturated heterocycles. The fourth-order valence-corrected chi connectivity index (χ4v) is 0.547. The highest BCUT2D eigenvalue weighted by molar-refractivity contribution is 6.29. The third-order valence-corrected chi connectivity index (χ3v) is 1.04. The molecule has 0 aromatic heterocycles. The molecule has 0 aliphatic carbocycles. The fraction of sp³-hybridized carbons (Fsp3) is 0.600. The molecule has 56 valence electrons. The second kappa shape index (κ2) is 3.17. The van der Waals surface area contributed by atoms with Gasteiger partial charge in [-0.05, 0) is 6.92 Å². The van der Waals surface area contributed by atoms with Gasteiger partial charge in [-0.1, -0.05) is 0 Å². The summed E-state index contributed by atoms with van der Waals surface area (Å²) in [7, 11) is 0. The van der Waals surface area contributed by atoms with Gasteiger partial charge in [0.15, 0.2) is 0 Å². The van der Waals surface area contributed by atoms with Crippen LogP contribution in [-0.4, -0.2) is 35.3 Å². The van der Waals surface area contributed by atoms with Crippen molar-refractivity contribution in [3.05, 3.63) is 0 Å². The van der Waals surface area contributed by atoms with Crippen LogP contribution in [0.1, 0.15) is 6.92 Å². The van der Waals surface area contributed by atoms with Crippen LogP contribution in [0.5, 0.6) is 0 Å². The Morgan fingerprint density at radius 2 is 2.60 bits per heavy atom. The van der Waals surface area contributed by atoms with Gasteiger partial charge < -0.3 is 5.11 Å². The third-order valence-electron chi connectivity index (χ3n) is 1.04. The largest absolute Gasteiger partial charge is 0.394 e. The van der Waals surface area contributed by atoms with Gasteiger partial charge in [-0.25, -0.2) is 5.53 Å². The number of rotatable bonds is 2. The molecule has 1 aliphatic heterocycles. The summed E-state index contributed by atoms with van der Waals surface area (Å²) in [5, 5.41) is 17.7. The summed E-state index contributed by atoms with van der Waals surface area (Å²) in [5.74, 6) is 0. The van der Waals surface area contributed by atoms with Crippen molar-refractivity contribution in [2.45, 2.75) is 6.92 Å². The predicted molar refractivity (Wildman–Crippen MR) is 38.5 cm³/mol. The van der Waals surface area contributed by atoms with E-state index in [-0.39, 0.29) is 6.61 Å². The summed E-state index contributed by atoms with van der Waals surface area (Å²) in [6.45, 7) is 2.36. The van der Waals surface area contributed by atoms with Gasteiger partial charge in [-0.2, -0.15) is 15.3 Å². The molecule has 0 saturated carbocycles. The number of β-amino-alcohol motifs (C(OH)–C–C–N with tert-alkyl or cyclic N) is 1. The van der Waals surface area contributed by atoms with Gasteiger partial charge in [0.25, 0.3) is 0 Å². The van der Waals surface area contributed by atoms with Crippen LogP contribution in [-0.2, 0) is 0 Å². The van der Waals surface area contributed by atoms with Crippen molar-refractivity contribution in [3.8, 4) is 0 Å². The molecule has 0 amide bonds. The second-order valence-electron chi connectivity index (χ2n) is 1.94. The highest BCUT2D eigenvalue weighted by Crippen LogP contribution is 1.87. The SMILES string of the molecule is CC1=NNN(CCO)N=C1. The number of nitrogens with zero attached hydrogens (tertiary/aromatic N) is 3. The lowest BCUT2D eigenvalue weighted by molar-refractivity contribution is 0.149. The monoisotopic (exact) mass is 142 g/mol. The average molecular weight is 142 g/mol. The molecule has 1 rings (SSSR count). The maximum absolute atomic E-state index is 8.48. The molecule has 1 aliphatic rings. The van der Waals surface area contributed by atoms with Crippen molar-refractivity contribution in [2.24, 2.45) is 10.2 Å². The molecular formula is C5H10N4O. The van der Waals surface area contributed by atoms with E-state index in [1.807, 2.05) is 6.92 Å². The van der Waals surface area contributed by atoms with E-state index >= 15 is 0 Å². The Labute approximate surface area is 59.0 Å². The Balaban J connectivity index is 2.37. The van der Waals surface area contributed by atoms with E-state index < -0.39 is 0 Å². The first kappa shape index (κ1) is 7.01. The molecule has 0 aromatic rings. The van der Waals surface area contributed by atoms with E-state index in [2.05, 4.69) is 15.7 Å². The summed E-state index contributed by atoms with van der Waals surface area (Å²) in [5.41, 5.74) is 3.46. The maximum Gasteiger partial charge on any atom is 0.0832 e. The van der Waals surface area contributed by atoms with Gasteiger partial charge in [0.2, 0.25) is 0 Å². The number of nitrogens with one attached hydrogen (secondary N) is 1. The molecule has 2 N–H and O–H groups in total. The average Bonchev–Trinajstić information content (AvgIpc) is 1.95. The van der Waals surface area contributed by atoms with Crippen molar-refractivity contribution < 1.29 is 5.11 Å². The molecule has 0 atom stereocenters. The Kier molecular flexibility index (Phi) is 2.22. The van der Waals surface area contributed by atoms with E-state index in [9.17, 15) is 0 Å². The van der Waals surface area contributed by atoms with Crippen LogP contribution in [0.2, 0.25) is 0 Å². The van der Waals surface area contributed by atoms with Gasteiger partial charge in [0.05, 0.1) is 25.1 Å². The van der Waals surface area contributed by atoms with Gasteiger partial charge >= 0.3 is 0 Å². The van der Waals surface area contributed by atoms with Gasteiger partial charge in [-0.3, -0.25) is 0 Å². The van der Waals surface area contributed by atoms with Crippen LogP contribution in [0.15, 0.2) is 10.2 Å². The summed E-state index contributed by atoms with van der Waals surface area (Å²) in [6, 6.07) is 0. The maximum atomic E-state index is 8.48. The van der Waals surface area contributed by atoms with Crippen molar-refractivity contribution in [2.75, 3.05) is 13.2 Å². The molecule has 1 heterocycles. The Morgan fingerprint density at radius 1 is 1.80 bits per heavy atom. The predicted octanol–water partition coefficient (Wildman–Crippen LogP) is -0.839. The molecule has 0 radical (unpaired) electrons. The van der Waals surface area contributed by atoms with Gasteiger partial charge in [-0.15, -0.1) is 0 Å². The smallest absolute Gasteiger partial charge is 0.0832 e. The Bertz CT molecular complexity index is 165. The quantitative estimate of drug-likeness (QED) is 0.528. The van der Waals surface area contributed by atoms with Gasteiger partial charge in [0.1, 0.15) is 0 Å². The molecule has 5 heteroatoms. The first-order valence-electron chi connectivity index (χ1n) is 3.05. The van der Waals surface area contributed by atoms with Crippen LogP contribution in [0.4, 0.5) is 0 Å². The number of aliphatic hydroxyl groups is 1. The fourth-order valence-electron chi connectivity index (χ4n) is 0.547. The summed E-state index contributed by atoms with van der Waals surface area (Å²) >= 11 is 0. The molecule has 0 fully saturated rings. The van der Waals surface area contributed by atoms with Gasteiger partial charge in [0, 0.05) is 0 Å². The van der Waals surface area contributed by atoms with Crippen molar-refractivity contribution >= 4 is 11.9 Å². The van der Waals surface area contributed by atoms with E-state index in [0.29, 0.717) is 6.54 Å². The van der Waals surface area contributed by atoms with Crippen molar-refractivity contribution in [1.29, 1.82) is 0 Å². The van der Waals surface area contributed by atoms with Crippen LogP contribution in [0.3, 0.4) is 0 Å². The molecule has 0 spiro atoms.